The molecule has 2 heterocycles. The van der Waals surface area contributed by atoms with Gasteiger partial charge in [-0.15, -0.1) is 0 Å². The Hall–Kier alpha value is -4.56. The highest BCUT2D eigenvalue weighted by Crippen LogP contribution is 2.31. The number of fused-ring (bicyclic) bond motifs is 3. The Kier molecular flexibility index (Phi) is 5.25. The van der Waals surface area contributed by atoms with Crippen LogP contribution in [-0.2, 0) is 4.79 Å². The van der Waals surface area contributed by atoms with Gasteiger partial charge in [0.15, 0.2) is 6.61 Å². The van der Waals surface area contributed by atoms with Crippen molar-refractivity contribution in [2.24, 2.45) is 0 Å². The van der Waals surface area contributed by atoms with Crippen molar-refractivity contribution in [1.82, 2.24) is 4.98 Å². The minimum atomic E-state index is -0.253. The Morgan fingerprint density at radius 3 is 2.66 bits per heavy atom. The van der Waals surface area contributed by atoms with Crippen LogP contribution in [0.5, 0.6) is 5.75 Å². The lowest BCUT2D eigenvalue weighted by Gasteiger charge is -2.08. The van der Waals surface area contributed by atoms with E-state index in [0.29, 0.717) is 17.1 Å². The highest BCUT2D eigenvalue weighted by molar-refractivity contribution is 6.05. The quantitative estimate of drug-likeness (QED) is 0.397. The molecule has 0 saturated heterocycles. The van der Waals surface area contributed by atoms with Gasteiger partial charge in [-0.3, -0.25) is 4.79 Å². The zero-order valence-electron chi connectivity index (χ0n) is 17.0. The van der Waals surface area contributed by atoms with Gasteiger partial charge in [0.2, 0.25) is 0 Å². The third-order valence-corrected chi connectivity index (χ3v) is 4.86. The third kappa shape index (κ3) is 4.30. The summed E-state index contributed by atoms with van der Waals surface area (Å²) in [7, 11) is 0. The second-order valence-electron chi connectivity index (χ2n) is 7.14. The molecule has 32 heavy (non-hydrogen) atoms. The van der Waals surface area contributed by atoms with E-state index >= 15 is 0 Å². The normalized spacial score (nSPS) is 10.5. The molecule has 0 aliphatic carbocycles. The molecule has 5 nitrogen and oxygen atoms in total. The third-order valence-electron chi connectivity index (χ3n) is 4.86. The van der Waals surface area contributed by atoms with Crippen molar-refractivity contribution < 1.29 is 13.9 Å². The van der Waals surface area contributed by atoms with Gasteiger partial charge in [-0.05, 0) is 60.5 Å². The van der Waals surface area contributed by atoms with Crippen LogP contribution in [0.1, 0.15) is 11.3 Å². The molecule has 5 aromatic rings. The predicted molar refractivity (Wildman–Crippen MR) is 125 cm³/mol. The molecule has 154 valence electrons. The molecule has 5 rings (SSSR count). The number of nitrogens with one attached hydrogen (secondary N) is 1. The van der Waals surface area contributed by atoms with Gasteiger partial charge in [-0.25, -0.2) is 4.98 Å². The molecule has 0 saturated carbocycles. The fraction of sp³-hybridized carbons (Fsp3) is 0.0370. The number of para-hydroxylation sites is 1. The number of benzene rings is 3. The summed E-state index contributed by atoms with van der Waals surface area (Å²) in [6.45, 7) is -0.106. The summed E-state index contributed by atoms with van der Waals surface area (Å²) in [5.74, 6) is 6.42. The summed E-state index contributed by atoms with van der Waals surface area (Å²) in [5, 5.41) is 4.82. The molecule has 0 radical (unpaired) electrons. The summed E-state index contributed by atoms with van der Waals surface area (Å²) >= 11 is 0. The van der Waals surface area contributed by atoms with E-state index in [0.717, 1.165) is 27.5 Å². The Bertz CT molecular complexity index is 1480. The van der Waals surface area contributed by atoms with Gasteiger partial charge < -0.3 is 14.5 Å². The van der Waals surface area contributed by atoms with Crippen molar-refractivity contribution in [3.05, 3.63) is 102 Å². The molecule has 0 aliphatic rings. The van der Waals surface area contributed by atoms with E-state index in [-0.39, 0.29) is 12.5 Å². The van der Waals surface area contributed by atoms with E-state index in [1.165, 1.54) is 0 Å². The lowest BCUT2D eigenvalue weighted by molar-refractivity contribution is -0.118. The van der Waals surface area contributed by atoms with E-state index < -0.39 is 0 Å². The summed E-state index contributed by atoms with van der Waals surface area (Å²) in [5.41, 5.74) is 3.74. The molecular weight excluding hydrogens is 400 g/mol. The van der Waals surface area contributed by atoms with Crippen LogP contribution in [0.4, 0.5) is 5.69 Å². The van der Waals surface area contributed by atoms with Crippen LogP contribution < -0.4 is 10.1 Å². The SMILES string of the molecule is O=C(COc1ccc2oc3ccccc3c2c1)Nc1cccc(C#Cc2ccccn2)c1. The molecule has 1 amide bonds. The summed E-state index contributed by atoms with van der Waals surface area (Å²) in [4.78, 5) is 16.6. The molecule has 0 fully saturated rings. The zero-order valence-corrected chi connectivity index (χ0v) is 17.0. The highest BCUT2D eigenvalue weighted by atomic mass is 16.5. The van der Waals surface area contributed by atoms with Gasteiger partial charge in [0, 0.05) is 28.2 Å². The van der Waals surface area contributed by atoms with Gasteiger partial charge in [-0.1, -0.05) is 36.3 Å². The first kappa shape index (κ1) is 19.4. The van der Waals surface area contributed by atoms with Crippen LogP contribution in [-0.4, -0.2) is 17.5 Å². The Labute approximate surface area is 184 Å². The van der Waals surface area contributed by atoms with Crippen molar-refractivity contribution in [2.75, 3.05) is 11.9 Å². The monoisotopic (exact) mass is 418 g/mol. The zero-order chi connectivity index (χ0) is 21.8. The van der Waals surface area contributed by atoms with E-state index in [4.69, 9.17) is 9.15 Å². The molecule has 0 aliphatic heterocycles. The Morgan fingerprint density at radius 1 is 0.875 bits per heavy atom. The number of pyridine rings is 1. The first-order valence-electron chi connectivity index (χ1n) is 10.1. The standard InChI is InChI=1S/C27H18N2O3/c30-27(29-21-8-5-6-19(16-21)11-12-20-7-3-4-15-28-20)18-31-22-13-14-26-24(17-22)23-9-1-2-10-25(23)32-26/h1-10,13-17H,18H2,(H,29,30). The molecule has 0 unspecified atom stereocenters. The number of nitrogens with zero attached hydrogens (tertiary/aromatic N) is 1. The summed E-state index contributed by atoms with van der Waals surface area (Å²) in [6, 6.07) is 26.3. The van der Waals surface area contributed by atoms with Gasteiger partial charge in [-0.2, -0.15) is 0 Å². The molecule has 2 aromatic heterocycles. The fourth-order valence-corrected chi connectivity index (χ4v) is 3.39. The minimum Gasteiger partial charge on any atom is -0.484 e. The number of hydrogen-bond donors (Lipinski definition) is 1. The van der Waals surface area contributed by atoms with Crippen LogP contribution in [0.25, 0.3) is 21.9 Å². The van der Waals surface area contributed by atoms with Gasteiger partial charge in [0.05, 0.1) is 0 Å². The maximum Gasteiger partial charge on any atom is 0.262 e. The Balaban J connectivity index is 1.24. The molecule has 0 bridgehead atoms. The number of hydrogen-bond acceptors (Lipinski definition) is 4. The largest absolute Gasteiger partial charge is 0.484 e. The smallest absolute Gasteiger partial charge is 0.262 e. The number of amides is 1. The molecule has 3 aromatic carbocycles. The summed E-state index contributed by atoms with van der Waals surface area (Å²) < 4.78 is 11.5. The summed E-state index contributed by atoms with van der Waals surface area (Å²) in [6.07, 6.45) is 1.70. The average molecular weight is 418 g/mol. The number of carbonyl (C=O) groups excluding carboxylic acids is 1. The van der Waals surface area contributed by atoms with Crippen molar-refractivity contribution >= 4 is 33.5 Å². The van der Waals surface area contributed by atoms with E-state index in [1.807, 2.05) is 78.9 Å². The van der Waals surface area contributed by atoms with Crippen LogP contribution in [0.15, 0.2) is 95.5 Å². The van der Waals surface area contributed by atoms with E-state index in [1.54, 1.807) is 12.3 Å². The van der Waals surface area contributed by atoms with Crippen molar-refractivity contribution in [1.29, 1.82) is 0 Å². The van der Waals surface area contributed by atoms with Crippen LogP contribution in [0.2, 0.25) is 0 Å². The maximum absolute atomic E-state index is 12.4. The maximum atomic E-state index is 12.4. The number of aromatic nitrogens is 1. The van der Waals surface area contributed by atoms with Crippen molar-refractivity contribution in [2.45, 2.75) is 0 Å². The van der Waals surface area contributed by atoms with E-state index in [2.05, 4.69) is 22.1 Å². The van der Waals surface area contributed by atoms with Crippen LogP contribution in [0.3, 0.4) is 0 Å². The highest BCUT2D eigenvalue weighted by Gasteiger charge is 2.09. The first-order valence-corrected chi connectivity index (χ1v) is 10.1. The van der Waals surface area contributed by atoms with E-state index in [9.17, 15) is 4.79 Å². The molecule has 0 atom stereocenters. The molecule has 0 spiro atoms. The van der Waals surface area contributed by atoms with Crippen molar-refractivity contribution in [3.63, 3.8) is 0 Å². The van der Waals surface area contributed by atoms with Gasteiger partial charge in [0.25, 0.3) is 5.91 Å². The lowest BCUT2D eigenvalue weighted by Crippen LogP contribution is -2.20. The Morgan fingerprint density at radius 2 is 1.75 bits per heavy atom. The minimum absolute atomic E-state index is 0.106. The van der Waals surface area contributed by atoms with Gasteiger partial charge in [0.1, 0.15) is 22.6 Å². The van der Waals surface area contributed by atoms with Crippen molar-refractivity contribution in [3.8, 4) is 17.6 Å². The second kappa shape index (κ2) is 8.66. The number of carbonyl (C=O) groups is 1. The molecule has 5 heteroatoms. The average Bonchev–Trinajstić information content (AvgIpc) is 3.20. The number of furan rings is 1. The fourth-order valence-electron chi connectivity index (χ4n) is 3.39. The van der Waals surface area contributed by atoms with Crippen LogP contribution in [0, 0.1) is 11.8 Å². The number of anilines is 1. The van der Waals surface area contributed by atoms with Crippen LogP contribution >= 0.6 is 0 Å². The lowest BCUT2D eigenvalue weighted by atomic mass is 10.1. The molecule has 1 N–H and O–H groups in total. The number of ether oxygens (including phenoxy) is 1. The number of rotatable bonds is 4. The second-order valence-corrected chi connectivity index (χ2v) is 7.14. The first-order chi connectivity index (χ1) is 15.7. The topological polar surface area (TPSA) is 64.4 Å². The molecular formula is C27H18N2O3. The van der Waals surface area contributed by atoms with Gasteiger partial charge >= 0.3 is 0 Å². The predicted octanol–water partition coefficient (Wildman–Crippen LogP) is 5.40.